The molecule has 1 unspecified atom stereocenters. The lowest BCUT2D eigenvalue weighted by molar-refractivity contribution is -0.129. The third-order valence-electron chi connectivity index (χ3n) is 4.37. The van der Waals surface area contributed by atoms with E-state index in [0.717, 1.165) is 32.4 Å². The highest BCUT2D eigenvalue weighted by Gasteiger charge is 2.29. The van der Waals surface area contributed by atoms with Gasteiger partial charge in [-0.1, -0.05) is 31.2 Å². The molecule has 0 aromatic heterocycles. The molecule has 0 radical (unpaired) electrons. The third-order valence-corrected chi connectivity index (χ3v) is 4.37. The average Bonchev–Trinajstić information content (AvgIpc) is 3.04. The molecule has 1 fully saturated rings. The van der Waals surface area contributed by atoms with Crippen molar-refractivity contribution in [3.05, 3.63) is 35.4 Å². The van der Waals surface area contributed by atoms with Gasteiger partial charge in [0.1, 0.15) is 0 Å². The van der Waals surface area contributed by atoms with Crippen LogP contribution in [0.1, 0.15) is 30.9 Å². The summed E-state index contributed by atoms with van der Waals surface area (Å²) in [6, 6.07) is 9.75. The number of carbonyl (C=O) groups excluding carboxylic acids is 1. The maximum atomic E-state index is 11.7. The second-order valence-electron chi connectivity index (χ2n) is 5.72. The Labute approximate surface area is 115 Å². The number of hydrogen-bond acceptors (Lipinski definition) is 2. The molecule has 3 rings (SSSR count). The molecular formula is C16H22N2O. The summed E-state index contributed by atoms with van der Waals surface area (Å²) in [7, 11) is 0. The summed E-state index contributed by atoms with van der Waals surface area (Å²) < 4.78 is 0. The van der Waals surface area contributed by atoms with Gasteiger partial charge < -0.3 is 10.2 Å². The lowest BCUT2D eigenvalue weighted by atomic mass is 10.1. The summed E-state index contributed by atoms with van der Waals surface area (Å²) in [6.45, 7) is 3.75. The number of rotatable bonds is 3. The van der Waals surface area contributed by atoms with Gasteiger partial charge in [-0.05, 0) is 30.4 Å². The van der Waals surface area contributed by atoms with Crippen molar-refractivity contribution in [3.63, 3.8) is 0 Å². The standard InChI is InChI=1S/C16H22N2O/c1-2-16(19)18-8-7-14(11-18)17-15-9-12-5-3-4-6-13(12)10-15/h3-6,14-15,17H,2,7-11H2,1H3. The molecule has 2 aliphatic rings. The second kappa shape index (κ2) is 5.33. The van der Waals surface area contributed by atoms with E-state index < -0.39 is 0 Å². The van der Waals surface area contributed by atoms with E-state index in [4.69, 9.17) is 0 Å². The Bertz CT molecular complexity index is 447. The smallest absolute Gasteiger partial charge is 0.222 e. The highest BCUT2D eigenvalue weighted by Crippen LogP contribution is 2.23. The maximum Gasteiger partial charge on any atom is 0.222 e. The van der Waals surface area contributed by atoms with Gasteiger partial charge in [0, 0.05) is 31.6 Å². The first-order valence-electron chi connectivity index (χ1n) is 7.37. The molecule has 1 aliphatic heterocycles. The van der Waals surface area contributed by atoms with E-state index in [2.05, 4.69) is 29.6 Å². The first kappa shape index (κ1) is 12.7. The predicted molar refractivity (Wildman–Crippen MR) is 76.0 cm³/mol. The number of likely N-dealkylation sites (tertiary alicyclic amines) is 1. The van der Waals surface area contributed by atoms with Crippen molar-refractivity contribution in [1.82, 2.24) is 10.2 Å². The Hall–Kier alpha value is -1.35. The molecule has 3 nitrogen and oxygen atoms in total. The van der Waals surface area contributed by atoms with Gasteiger partial charge in [-0.25, -0.2) is 0 Å². The minimum Gasteiger partial charge on any atom is -0.341 e. The quantitative estimate of drug-likeness (QED) is 0.896. The molecule has 1 heterocycles. The molecule has 0 spiro atoms. The van der Waals surface area contributed by atoms with Gasteiger partial charge in [-0.3, -0.25) is 4.79 Å². The van der Waals surface area contributed by atoms with Gasteiger partial charge >= 0.3 is 0 Å². The summed E-state index contributed by atoms with van der Waals surface area (Å²) >= 11 is 0. The number of nitrogens with one attached hydrogen (secondary N) is 1. The number of nitrogens with zero attached hydrogens (tertiary/aromatic N) is 1. The topological polar surface area (TPSA) is 32.3 Å². The Morgan fingerprint density at radius 1 is 1.26 bits per heavy atom. The molecule has 1 amide bonds. The highest BCUT2D eigenvalue weighted by atomic mass is 16.2. The van der Waals surface area contributed by atoms with E-state index in [0.29, 0.717) is 24.4 Å². The van der Waals surface area contributed by atoms with Gasteiger partial charge in [-0.15, -0.1) is 0 Å². The van der Waals surface area contributed by atoms with Gasteiger partial charge in [0.25, 0.3) is 0 Å². The summed E-state index contributed by atoms with van der Waals surface area (Å²) in [4.78, 5) is 13.7. The van der Waals surface area contributed by atoms with Crippen molar-refractivity contribution >= 4 is 5.91 Å². The van der Waals surface area contributed by atoms with Gasteiger partial charge in [0.15, 0.2) is 0 Å². The summed E-state index contributed by atoms with van der Waals surface area (Å²) in [5.41, 5.74) is 2.97. The van der Waals surface area contributed by atoms with Crippen molar-refractivity contribution in [3.8, 4) is 0 Å². The molecule has 1 aromatic carbocycles. The van der Waals surface area contributed by atoms with Crippen molar-refractivity contribution in [2.75, 3.05) is 13.1 Å². The van der Waals surface area contributed by atoms with Crippen LogP contribution in [0.2, 0.25) is 0 Å². The van der Waals surface area contributed by atoms with Gasteiger partial charge in [-0.2, -0.15) is 0 Å². The fourth-order valence-electron chi connectivity index (χ4n) is 3.36. The number of carbonyl (C=O) groups is 1. The molecule has 1 saturated heterocycles. The number of fused-ring (bicyclic) bond motifs is 1. The lowest BCUT2D eigenvalue weighted by Crippen LogP contribution is -2.41. The minimum atomic E-state index is 0.291. The van der Waals surface area contributed by atoms with Gasteiger partial charge in [0.2, 0.25) is 5.91 Å². The van der Waals surface area contributed by atoms with Crippen LogP contribution in [-0.4, -0.2) is 36.0 Å². The van der Waals surface area contributed by atoms with Gasteiger partial charge in [0.05, 0.1) is 0 Å². The van der Waals surface area contributed by atoms with Crippen molar-refractivity contribution in [1.29, 1.82) is 0 Å². The SMILES string of the molecule is CCC(=O)N1CCC(NC2Cc3ccccc3C2)C1. The van der Waals surface area contributed by atoms with Crippen LogP contribution in [0.25, 0.3) is 0 Å². The first-order valence-corrected chi connectivity index (χ1v) is 7.37. The molecular weight excluding hydrogens is 236 g/mol. The molecule has 19 heavy (non-hydrogen) atoms. The first-order chi connectivity index (χ1) is 9.26. The van der Waals surface area contributed by atoms with Crippen molar-refractivity contribution < 1.29 is 4.79 Å². The van der Waals surface area contributed by atoms with Crippen LogP contribution >= 0.6 is 0 Å². The van der Waals surface area contributed by atoms with E-state index >= 15 is 0 Å². The molecule has 1 N–H and O–H groups in total. The Kier molecular flexibility index (Phi) is 3.56. The fraction of sp³-hybridized carbons (Fsp3) is 0.562. The van der Waals surface area contributed by atoms with E-state index in [1.54, 1.807) is 0 Å². The van der Waals surface area contributed by atoms with E-state index in [1.165, 1.54) is 11.1 Å². The molecule has 1 aliphatic carbocycles. The largest absolute Gasteiger partial charge is 0.341 e. The molecule has 3 heteroatoms. The Morgan fingerprint density at radius 3 is 2.58 bits per heavy atom. The van der Waals surface area contributed by atoms with Crippen LogP contribution in [0.5, 0.6) is 0 Å². The van der Waals surface area contributed by atoms with E-state index in [9.17, 15) is 4.79 Å². The Morgan fingerprint density at radius 2 is 1.95 bits per heavy atom. The molecule has 1 atom stereocenters. The van der Waals surface area contributed by atoms with Crippen molar-refractivity contribution in [2.45, 2.75) is 44.7 Å². The molecule has 0 bridgehead atoms. The van der Waals surface area contributed by atoms with Crippen LogP contribution < -0.4 is 5.32 Å². The normalized spacial score (nSPS) is 22.8. The van der Waals surface area contributed by atoms with Crippen molar-refractivity contribution in [2.24, 2.45) is 0 Å². The number of benzene rings is 1. The highest BCUT2D eigenvalue weighted by molar-refractivity contribution is 5.76. The minimum absolute atomic E-state index is 0.291. The average molecular weight is 258 g/mol. The predicted octanol–water partition coefficient (Wildman–Crippen LogP) is 1.75. The zero-order valence-electron chi connectivity index (χ0n) is 11.6. The number of hydrogen-bond donors (Lipinski definition) is 1. The van der Waals surface area contributed by atoms with Crippen LogP contribution in [0.15, 0.2) is 24.3 Å². The zero-order chi connectivity index (χ0) is 13.2. The summed E-state index contributed by atoms with van der Waals surface area (Å²) in [5, 5.41) is 3.74. The summed E-state index contributed by atoms with van der Waals surface area (Å²) in [5.74, 6) is 0.291. The monoisotopic (exact) mass is 258 g/mol. The van der Waals surface area contributed by atoms with Crippen LogP contribution in [-0.2, 0) is 17.6 Å². The second-order valence-corrected chi connectivity index (χ2v) is 5.72. The molecule has 0 saturated carbocycles. The lowest BCUT2D eigenvalue weighted by Gasteiger charge is -2.19. The number of amides is 1. The van der Waals surface area contributed by atoms with E-state index in [-0.39, 0.29) is 0 Å². The maximum absolute atomic E-state index is 11.7. The Balaban J connectivity index is 1.53. The van der Waals surface area contributed by atoms with Crippen LogP contribution in [0.3, 0.4) is 0 Å². The zero-order valence-corrected chi connectivity index (χ0v) is 11.6. The molecule has 1 aromatic rings. The molecule has 102 valence electrons. The third kappa shape index (κ3) is 2.66. The summed E-state index contributed by atoms with van der Waals surface area (Å²) in [6.07, 6.45) is 3.99. The van der Waals surface area contributed by atoms with Crippen LogP contribution in [0, 0.1) is 0 Å². The van der Waals surface area contributed by atoms with E-state index in [1.807, 2.05) is 11.8 Å². The fourth-order valence-corrected chi connectivity index (χ4v) is 3.36. The van der Waals surface area contributed by atoms with Crippen LogP contribution in [0.4, 0.5) is 0 Å².